The minimum Gasteiger partial charge on any atom is -0.370 e. The van der Waals surface area contributed by atoms with Gasteiger partial charge in [-0.25, -0.2) is 9.38 Å². The summed E-state index contributed by atoms with van der Waals surface area (Å²) in [4.78, 5) is 15.7. The fraction of sp³-hybridized carbons (Fsp3) is 0.333. The van der Waals surface area contributed by atoms with Crippen LogP contribution in [-0.4, -0.2) is 31.5 Å². The Hall–Kier alpha value is -2.37. The minimum absolute atomic E-state index is 0.150. The van der Waals surface area contributed by atoms with Crippen LogP contribution in [0.1, 0.15) is 12.5 Å². The van der Waals surface area contributed by atoms with E-state index in [1.54, 1.807) is 12.1 Å². The third-order valence-electron chi connectivity index (χ3n) is 2.53. The standard InChI is InChI=1S/C15H21FN4O/c1-11(2)10-20-15(17)19-7-6-18-14(21)9-12-4-3-5-13(16)8-12/h3-5,8H,1,6-7,9-10H2,2H3,(H,18,21)(H3,17,19,20). The number of hydrogen-bond acceptors (Lipinski definition) is 2. The molecule has 6 heteroatoms. The number of nitrogens with zero attached hydrogens (tertiary/aromatic N) is 1. The smallest absolute Gasteiger partial charge is 0.224 e. The Balaban J connectivity index is 2.22. The summed E-state index contributed by atoms with van der Waals surface area (Å²) in [5.74, 6) is -0.194. The predicted molar refractivity (Wildman–Crippen MR) is 82.4 cm³/mol. The van der Waals surface area contributed by atoms with Crippen molar-refractivity contribution in [2.75, 3.05) is 19.6 Å². The molecule has 1 aromatic carbocycles. The van der Waals surface area contributed by atoms with Crippen LogP contribution >= 0.6 is 0 Å². The van der Waals surface area contributed by atoms with Gasteiger partial charge in [0.2, 0.25) is 5.91 Å². The molecule has 0 aromatic heterocycles. The van der Waals surface area contributed by atoms with Gasteiger partial charge in [0.1, 0.15) is 5.82 Å². The van der Waals surface area contributed by atoms with Gasteiger partial charge in [-0.15, -0.1) is 0 Å². The molecule has 114 valence electrons. The second kappa shape index (κ2) is 8.73. The zero-order valence-electron chi connectivity index (χ0n) is 12.2. The first-order valence-electron chi connectivity index (χ1n) is 6.66. The molecule has 0 saturated carbocycles. The highest BCUT2D eigenvalue weighted by Gasteiger charge is 2.03. The third kappa shape index (κ3) is 7.71. The number of guanidine groups is 1. The van der Waals surface area contributed by atoms with Crippen molar-refractivity contribution in [2.45, 2.75) is 13.3 Å². The highest BCUT2D eigenvalue weighted by Crippen LogP contribution is 2.03. The van der Waals surface area contributed by atoms with Crippen LogP contribution < -0.4 is 16.4 Å². The molecular weight excluding hydrogens is 271 g/mol. The van der Waals surface area contributed by atoms with Gasteiger partial charge in [-0.05, 0) is 24.6 Å². The maximum Gasteiger partial charge on any atom is 0.224 e. The minimum atomic E-state index is -0.344. The summed E-state index contributed by atoms with van der Waals surface area (Å²) in [6.07, 6.45) is 0.150. The first-order chi connectivity index (χ1) is 9.97. The van der Waals surface area contributed by atoms with Crippen LogP contribution in [0.4, 0.5) is 4.39 Å². The van der Waals surface area contributed by atoms with Gasteiger partial charge in [0.15, 0.2) is 5.96 Å². The van der Waals surface area contributed by atoms with Crippen molar-refractivity contribution in [1.82, 2.24) is 10.6 Å². The summed E-state index contributed by atoms with van der Waals surface area (Å²) in [5.41, 5.74) is 7.18. The van der Waals surface area contributed by atoms with E-state index >= 15 is 0 Å². The predicted octanol–water partition coefficient (Wildman–Crippen LogP) is 0.965. The number of carbonyl (C=O) groups excluding carboxylic acids is 1. The number of rotatable bonds is 7. The summed E-state index contributed by atoms with van der Waals surface area (Å²) in [6.45, 7) is 6.95. The van der Waals surface area contributed by atoms with Crippen molar-refractivity contribution >= 4 is 11.9 Å². The second-order valence-electron chi connectivity index (χ2n) is 4.74. The van der Waals surface area contributed by atoms with Crippen molar-refractivity contribution in [3.05, 3.63) is 47.8 Å². The number of amides is 1. The molecule has 0 spiro atoms. The van der Waals surface area contributed by atoms with Gasteiger partial charge in [-0.1, -0.05) is 24.3 Å². The average Bonchev–Trinajstić information content (AvgIpc) is 2.41. The van der Waals surface area contributed by atoms with Gasteiger partial charge in [0.25, 0.3) is 0 Å². The highest BCUT2D eigenvalue weighted by molar-refractivity contribution is 5.79. The molecular formula is C15H21FN4O. The van der Waals surface area contributed by atoms with Crippen LogP contribution in [0.5, 0.6) is 0 Å². The Labute approximate surface area is 124 Å². The lowest BCUT2D eigenvalue weighted by atomic mass is 10.1. The van der Waals surface area contributed by atoms with E-state index in [1.165, 1.54) is 12.1 Å². The fourth-order valence-electron chi connectivity index (χ4n) is 1.56. The SMILES string of the molecule is C=C(C)CN=C(N)NCCNC(=O)Cc1cccc(F)c1. The summed E-state index contributed by atoms with van der Waals surface area (Å²) >= 11 is 0. The molecule has 0 radical (unpaired) electrons. The topological polar surface area (TPSA) is 79.5 Å². The summed E-state index contributed by atoms with van der Waals surface area (Å²) in [6, 6.07) is 5.99. The first-order valence-corrected chi connectivity index (χ1v) is 6.66. The van der Waals surface area contributed by atoms with Crippen LogP contribution in [0.2, 0.25) is 0 Å². The van der Waals surface area contributed by atoms with Gasteiger partial charge in [0, 0.05) is 13.1 Å². The van der Waals surface area contributed by atoms with Crippen LogP contribution in [-0.2, 0) is 11.2 Å². The van der Waals surface area contributed by atoms with E-state index in [-0.39, 0.29) is 18.1 Å². The Bertz CT molecular complexity index is 528. The molecule has 0 fully saturated rings. The molecule has 21 heavy (non-hydrogen) atoms. The van der Waals surface area contributed by atoms with Crippen molar-refractivity contribution < 1.29 is 9.18 Å². The van der Waals surface area contributed by atoms with Crippen LogP contribution in [0.25, 0.3) is 0 Å². The van der Waals surface area contributed by atoms with Crippen LogP contribution in [0.3, 0.4) is 0 Å². The molecule has 4 N–H and O–H groups in total. The van der Waals surface area contributed by atoms with Crippen molar-refractivity contribution in [1.29, 1.82) is 0 Å². The van der Waals surface area contributed by atoms with Gasteiger partial charge in [-0.2, -0.15) is 0 Å². The number of carbonyl (C=O) groups is 1. The second-order valence-corrected chi connectivity index (χ2v) is 4.74. The molecule has 1 aromatic rings. The summed E-state index contributed by atoms with van der Waals surface area (Å²) in [5, 5.41) is 5.60. The largest absolute Gasteiger partial charge is 0.370 e. The number of aliphatic imine (C=N–C) groups is 1. The quantitative estimate of drug-likeness (QED) is 0.303. The molecule has 0 bridgehead atoms. The number of nitrogens with one attached hydrogen (secondary N) is 2. The van der Waals surface area contributed by atoms with Gasteiger partial charge in [0.05, 0.1) is 13.0 Å². The molecule has 0 heterocycles. The molecule has 0 aliphatic rings. The third-order valence-corrected chi connectivity index (χ3v) is 2.53. The van der Waals surface area contributed by atoms with Gasteiger partial charge >= 0.3 is 0 Å². The van der Waals surface area contributed by atoms with Gasteiger partial charge < -0.3 is 16.4 Å². The van der Waals surface area contributed by atoms with E-state index in [2.05, 4.69) is 22.2 Å². The first kappa shape index (κ1) is 16.7. The lowest BCUT2D eigenvalue weighted by Gasteiger charge is -2.07. The number of hydrogen-bond donors (Lipinski definition) is 3. The van der Waals surface area contributed by atoms with Crippen LogP contribution in [0.15, 0.2) is 41.4 Å². The maximum absolute atomic E-state index is 13.0. The fourth-order valence-corrected chi connectivity index (χ4v) is 1.56. The molecule has 0 aliphatic heterocycles. The van der Waals surface area contributed by atoms with Crippen molar-refractivity contribution in [3.63, 3.8) is 0 Å². The Morgan fingerprint density at radius 2 is 2.10 bits per heavy atom. The molecule has 5 nitrogen and oxygen atoms in total. The highest BCUT2D eigenvalue weighted by atomic mass is 19.1. The zero-order chi connectivity index (χ0) is 15.7. The normalized spacial score (nSPS) is 11.0. The molecule has 1 amide bonds. The molecule has 0 atom stereocenters. The van der Waals surface area contributed by atoms with E-state index in [9.17, 15) is 9.18 Å². The van der Waals surface area contributed by atoms with Gasteiger partial charge in [-0.3, -0.25) is 4.79 Å². The van der Waals surface area contributed by atoms with E-state index in [4.69, 9.17) is 5.73 Å². The lowest BCUT2D eigenvalue weighted by molar-refractivity contribution is -0.120. The lowest BCUT2D eigenvalue weighted by Crippen LogP contribution is -2.38. The summed E-state index contributed by atoms with van der Waals surface area (Å²) in [7, 11) is 0. The van der Waals surface area contributed by atoms with E-state index in [0.717, 1.165) is 5.57 Å². The zero-order valence-corrected chi connectivity index (χ0v) is 12.2. The van der Waals surface area contributed by atoms with E-state index in [1.807, 2.05) is 6.92 Å². The number of halogens is 1. The molecule has 0 unspecified atom stereocenters. The molecule has 0 saturated heterocycles. The van der Waals surface area contributed by atoms with Crippen LogP contribution in [0, 0.1) is 5.82 Å². The molecule has 1 rings (SSSR count). The summed E-state index contributed by atoms with van der Waals surface area (Å²) < 4.78 is 13.0. The Morgan fingerprint density at radius 1 is 1.38 bits per heavy atom. The maximum atomic E-state index is 13.0. The number of nitrogens with two attached hydrogens (primary N) is 1. The van der Waals surface area contributed by atoms with Crippen molar-refractivity contribution in [2.24, 2.45) is 10.7 Å². The van der Waals surface area contributed by atoms with E-state index in [0.29, 0.717) is 31.2 Å². The Kier molecular flexibility index (Phi) is 6.94. The van der Waals surface area contributed by atoms with Crippen molar-refractivity contribution in [3.8, 4) is 0 Å². The average molecular weight is 292 g/mol. The number of benzene rings is 1. The Morgan fingerprint density at radius 3 is 2.76 bits per heavy atom. The van der Waals surface area contributed by atoms with E-state index < -0.39 is 0 Å². The molecule has 0 aliphatic carbocycles. The monoisotopic (exact) mass is 292 g/mol.